The topological polar surface area (TPSA) is 158 Å². The van der Waals surface area contributed by atoms with Gasteiger partial charge in [0.25, 0.3) is 5.56 Å². The quantitative estimate of drug-likeness (QED) is 0.169. The minimum absolute atomic E-state index is 0.00472. The molecule has 2 heterocycles. The van der Waals surface area contributed by atoms with Crippen LogP contribution in [0.4, 0.5) is 4.39 Å². The summed E-state index contributed by atoms with van der Waals surface area (Å²) in [4.78, 5) is 38.2. The van der Waals surface area contributed by atoms with Crippen molar-refractivity contribution in [2.75, 3.05) is 6.61 Å². The van der Waals surface area contributed by atoms with E-state index in [9.17, 15) is 28.4 Å². The zero-order chi connectivity index (χ0) is 30.6. The zero-order valence-electron chi connectivity index (χ0n) is 22.9. The van der Waals surface area contributed by atoms with E-state index < -0.39 is 61.9 Å². The third-order valence-corrected chi connectivity index (χ3v) is 8.37. The average Bonchev–Trinajstić information content (AvgIpc) is 3.37. The number of fused-ring (bicyclic) bond motifs is 1. The minimum Gasteiger partial charge on any atom is -0.460 e. The maximum atomic E-state index is 14.1. The summed E-state index contributed by atoms with van der Waals surface area (Å²) in [7, 11) is -4.36. The van der Waals surface area contributed by atoms with E-state index in [0.29, 0.717) is 11.6 Å². The SMILES string of the molecule is C[C@H](NP(=O)(OC[C@H]1O[C@@H](n2cc(F)c(=O)[nH]c2=O)CC1O)Oc1cccc2ccccc12)C(=O)OCc1ccccc1. The molecule has 3 N–H and O–H groups in total. The lowest BCUT2D eigenvalue weighted by atomic mass is 10.1. The molecular weight excluding hydrogens is 584 g/mol. The highest BCUT2D eigenvalue weighted by molar-refractivity contribution is 7.52. The Morgan fingerprint density at radius 1 is 1.14 bits per heavy atom. The number of halogens is 1. The van der Waals surface area contributed by atoms with Gasteiger partial charge in [0.15, 0.2) is 0 Å². The number of H-pyrrole nitrogens is 1. The Morgan fingerprint density at radius 3 is 2.65 bits per heavy atom. The molecule has 2 unspecified atom stereocenters. The average molecular weight is 614 g/mol. The molecule has 5 rings (SSSR count). The van der Waals surface area contributed by atoms with Crippen LogP contribution in [0.1, 0.15) is 25.1 Å². The van der Waals surface area contributed by atoms with E-state index in [-0.39, 0.29) is 18.8 Å². The summed E-state index contributed by atoms with van der Waals surface area (Å²) in [5, 5.41) is 14.6. The number of esters is 1. The van der Waals surface area contributed by atoms with Crippen molar-refractivity contribution >= 4 is 24.5 Å². The van der Waals surface area contributed by atoms with E-state index in [1.165, 1.54) is 6.92 Å². The fraction of sp³-hybridized carbons (Fsp3) is 0.276. The number of hydrogen-bond donors (Lipinski definition) is 3. The molecule has 0 spiro atoms. The number of ether oxygens (including phenoxy) is 2. The fourth-order valence-electron chi connectivity index (χ4n) is 4.52. The summed E-state index contributed by atoms with van der Waals surface area (Å²) in [6, 6.07) is 20.2. The van der Waals surface area contributed by atoms with Crippen LogP contribution in [0.2, 0.25) is 0 Å². The third-order valence-electron chi connectivity index (χ3n) is 6.74. The predicted octanol–water partition coefficient (Wildman–Crippen LogP) is 3.40. The molecule has 1 aliphatic heterocycles. The molecule has 4 aromatic rings. The van der Waals surface area contributed by atoms with Crippen LogP contribution in [0.5, 0.6) is 5.75 Å². The molecule has 1 aliphatic rings. The van der Waals surface area contributed by atoms with E-state index in [4.69, 9.17) is 18.5 Å². The van der Waals surface area contributed by atoms with Crippen LogP contribution in [0.15, 0.2) is 88.6 Å². The third kappa shape index (κ3) is 7.27. The van der Waals surface area contributed by atoms with Gasteiger partial charge >= 0.3 is 19.4 Å². The van der Waals surface area contributed by atoms with Crippen LogP contribution in [0, 0.1) is 5.82 Å². The molecule has 1 aromatic heterocycles. The number of hydrogen-bond acceptors (Lipinski definition) is 9. The molecule has 0 bridgehead atoms. The number of carbonyl (C=O) groups excluding carboxylic acids is 1. The second kappa shape index (κ2) is 13.0. The first-order valence-electron chi connectivity index (χ1n) is 13.4. The number of nitrogens with one attached hydrogen (secondary N) is 2. The predicted molar refractivity (Wildman–Crippen MR) is 153 cm³/mol. The van der Waals surface area contributed by atoms with Gasteiger partial charge in [0, 0.05) is 11.8 Å². The number of nitrogens with zero attached hydrogens (tertiary/aromatic N) is 1. The number of benzene rings is 3. The molecule has 14 heteroatoms. The Hall–Kier alpha value is -4.13. The van der Waals surface area contributed by atoms with Crippen molar-refractivity contribution in [3.8, 4) is 5.75 Å². The van der Waals surface area contributed by atoms with Crippen LogP contribution in [-0.4, -0.2) is 45.5 Å². The highest BCUT2D eigenvalue weighted by Crippen LogP contribution is 2.47. The number of aromatic amines is 1. The Balaban J connectivity index is 1.33. The molecular formula is C29H29FN3O9P. The Morgan fingerprint density at radius 2 is 1.86 bits per heavy atom. The van der Waals surface area contributed by atoms with Crippen molar-refractivity contribution in [3.63, 3.8) is 0 Å². The minimum atomic E-state index is -4.36. The van der Waals surface area contributed by atoms with Crippen LogP contribution in [0.3, 0.4) is 0 Å². The van der Waals surface area contributed by atoms with Crippen molar-refractivity contribution in [3.05, 3.63) is 111 Å². The molecule has 0 saturated carbocycles. The van der Waals surface area contributed by atoms with Gasteiger partial charge in [0.1, 0.15) is 30.7 Å². The van der Waals surface area contributed by atoms with Crippen LogP contribution >= 0.6 is 7.75 Å². The molecule has 0 amide bonds. The molecule has 5 atom stereocenters. The van der Waals surface area contributed by atoms with Gasteiger partial charge in [-0.3, -0.25) is 23.7 Å². The van der Waals surface area contributed by atoms with E-state index >= 15 is 0 Å². The summed E-state index contributed by atoms with van der Waals surface area (Å²) < 4.78 is 51.4. The lowest BCUT2D eigenvalue weighted by Crippen LogP contribution is -2.36. The first-order valence-corrected chi connectivity index (χ1v) is 14.9. The zero-order valence-corrected chi connectivity index (χ0v) is 23.8. The largest absolute Gasteiger partial charge is 0.460 e. The Labute approximate surface area is 244 Å². The molecule has 3 aromatic carbocycles. The fourth-order valence-corrected chi connectivity index (χ4v) is 6.04. The molecule has 226 valence electrons. The lowest BCUT2D eigenvalue weighted by molar-refractivity contribution is -0.146. The number of carbonyl (C=O) groups is 1. The normalized spacial score (nSPS) is 20.4. The van der Waals surface area contributed by atoms with Gasteiger partial charge in [-0.15, -0.1) is 0 Å². The Bertz CT molecular complexity index is 1760. The molecule has 0 aliphatic carbocycles. The standard InChI is InChI=1S/C29H29FN3O9P/c1-18(28(36)39-16-19-8-3-2-4-9-19)32-43(38,42-24-13-7-11-20-10-5-6-12-21(20)24)40-17-25-23(34)14-26(41-25)33-15-22(30)27(35)31-29(33)37/h2-13,15,18,23,25-26,34H,14,16-17H2,1H3,(H,32,38)(H,31,35,37)/t18-,23?,25+,26+,43?/m0/s1. The summed E-state index contributed by atoms with van der Waals surface area (Å²) >= 11 is 0. The maximum absolute atomic E-state index is 14.1. The Kier molecular flexibility index (Phi) is 9.19. The highest BCUT2D eigenvalue weighted by atomic mass is 31.2. The van der Waals surface area contributed by atoms with Crippen molar-refractivity contribution in [2.24, 2.45) is 0 Å². The van der Waals surface area contributed by atoms with Gasteiger partial charge in [-0.1, -0.05) is 66.7 Å². The molecule has 1 fully saturated rings. The summed E-state index contributed by atoms with van der Waals surface area (Å²) in [5.74, 6) is -1.71. The number of rotatable bonds is 11. The summed E-state index contributed by atoms with van der Waals surface area (Å²) in [6.45, 7) is 0.929. The lowest BCUT2D eigenvalue weighted by Gasteiger charge is -2.25. The molecule has 12 nitrogen and oxygen atoms in total. The first-order chi connectivity index (χ1) is 20.6. The number of aliphatic hydroxyl groups is 1. The molecule has 43 heavy (non-hydrogen) atoms. The van der Waals surface area contributed by atoms with E-state index in [1.807, 2.05) is 29.2 Å². The van der Waals surface area contributed by atoms with Crippen molar-refractivity contribution in [1.29, 1.82) is 0 Å². The van der Waals surface area contributed by atoms with Crippen LogP contribution in [-0.2, 0) is 30.0 Å². The van der Waals surface area contributed by atoms with Crippen LogP contribution in [0.25, 0.3) is 10.8 Å². The van der Waals surface area contributed by atoms with Crippen molar-refractivity contribution < 1.29 is 37.4 Å². The number of aliphatic hydroxyl groups excluding tert-OH is 1. The van der Waals surface area contributed by atoms with Gasteiger partial charge < -0.3 is 19.1 Å². The van der Waals surface area contributed by atoms with Crippen LogP contribution < -0.4 is 20.9 Å². The van der Waals surface area contributed by atoms with Gasteiger partial charge in [-0.05, 0) is 23.9 Å². The van der Waals surface area contributed by atoms with Gasteiger partial charge in [-0.25, -0.2) is 9.36 Å². The van der Waals surface area contributed by atoms with Gasteiger partial charge in [0.2, 0.25) is 5.82 Å². The molecule has 1 saturated heterocycles. The smallest absolute Gasteiger partial charge is 0.459 e. The van der Waals surface area contributed by atoms with E-state index in [2.05, 4.69) is 5.09 Å². The van der Waals surface area contributed by atoms with Gasteiger partial charge in [-0.2, -0.15) is 9.48 Å². The van der Waals surface area contributed by atoms with Gasteiger partial charge in [0.05, 0.1) is 18.9 Å². The highest BCUT2D eigenvalue weighted by Gasteiger charge is 2.40. The maximum Gasteiger partial charge on any atom is 0.459 e. The first kappa shape index (κ1) is 30.3. The monoisotopic (exact) mass is 613 g/mol. The number of aromatic nitrogens is 2. The summed E-state index contributed by atoms with van der Waals surface area (Å²) in [5.41, 5.74) is -1.36. The van der Waals surface area contributed by atoms with E-state index in [1.54, 1.807) is 48.5 Å². The second-order valence-electron chi connectivity index (χ2n) is 9.88. The van der Waals surface area contributed by atoms with Crippen molar-refractivity contribution in [1.82, 2.24) is 14.6 Å². The summed E-state index contributed by atoms with van der Waals surface area (Å²) in [6.07, 6.45) is -2.95. The van der Waals surface area contributed by atoms with Crippen molar-refractivity contribution in [2.45, 2.75) is 44.4 Å². The van der Waals surface area contributed by atoms with E-state index in [0.717, 1.165) is 15.5 Å². The second-order valence-corrected chi connectivity index (χ2v) is 11.6. The molecule has 0 radical (unpaired) electrons.